The fraction of sp³-hybridized carbons (Fsp3) is 0.500. The molecule has 120 valence electrons. The monoisotopic (exact) mass is 301 g/mol. The Bertz CT molecular complexity index is 563. The predicted octanol–water partition coefficient (Wildman–Crippen LogP) is 4.05. The van der Waals surface area contributed by atoms with Gasteiger partial charge < -0.3 is 14.6 Å². The van der Waals surface area contributed by atoms with Crippen LogP contribution in [0, 0.1) is 0 Å². The van der Waals surface area contributed by atoms with Crippen molar-refractivity contribution in [2.24, 2.45) is 0 Å². The predicted molar refractivity (Wildman–Crippen MR) is 91.6 cm³/mol. The van der Waals surface area contributed by atoms with Crippen LogP contribution in [0.3, 0.4) is 0 Å². The highest BCUT2D eigenvalue weighted by atomic mass is 16.5. The first-order valence-corrected chi connectivity index (χ1v) is 7.97. The zero-order valence-electron chi connectivity index (χ0n) is 14.1. The molecule has 0 unspecified atom stereocenters. The number of aromatic nitrogens is 2. The Labute approximate surface area is 133 Å². The molecule has 0 aliphatic carbocycles. The lowest BCUT2D eigenvalue weighted by atomic mass is 9.93. The number of benzene rings is 1. The quantitative estimate of drug-likeness (QED) is 0.800. The normalized spacial score (nSPS) is 11.5. The van der Waals surface area contributed by atoms with Crippen molar-refractivity contribution in [2.75, 3.05) is 18.6 Å². The minimum atomic E-state index is 0.0225. The molecule has 1 aromatic carbocycles. The van der Waals surface area contributed by atoms with Crippen LogP contribution < -0.4 is 9.64 Å². The summed E-state index contributed by atoms with van der Waals surface area (Å²) in [6.07, 6.45) is 6.81. The van der Waals surface area contributed by atoms with Gasteiger partial charge in [-0.1, -0.05) is 25.1 Å². The van der Waals surface area contributed by atoms with Crippen molar-refractivity contribution in [1.82, 2.24) is 9.97 Å². The molecule has 0 saturated heterocycles. The molecule has 0 aliphatic heterocycles. The number of H-pyrrole nitrogens is 1. The molecule has 1 heterocycles. The van der Waals surface area contributed by atoms with Crippen LogP contribution in [0.25, 0.3) is 0 Å². The Morgan fingerprint density at radius 1 is 1.27 bits per heavy atom. The summed E-state index contributed by atoms with van der Waals surface area (Å²) in [7, 11) is 1.73. The molecule has 1 aromatic heterocycles. The molecular weight excluding hydrogens is 274 g/mol. The molecule has 22 heavy (non-hydrogen) atoms. The highest BCUT2D eigenvalue weighted by molar-refractivity contribution is 5.36. The Hall–Kier alpha value is -1.97. The van der Waals surface area contributed by atoms with E-state index in [4.69, 9.17) is 4.74 Å². The molecule has 0 radical (unpaired) electrons. The maximum absolute atomic E-state index is 5.46. The Balaban J connectivity index is 2.11. The number of aromatic amines is 1. The van der Waals surface area contributed by atoms with Crippen LogP contribution in [0.15, 0.2) is 36.7 Å². The minimum Gasteiger partial charge on any atom is -0.496 e. The second-order valence-corrected chi connectivity index (χ2v) is 6.19. The van der Waals surface area contributed by atoms with E-state index in [2.05, 4.69) is 47.8 Å². The molecule has 0 bridgehead atoms. The van der Waals surface area contributed by atoms with Gasteiger partial charge in [-0.05, 0) is 44.7 Å². The van der Waals surface area contributed by atoms with Crippen LogP contribution in [0.2, 0.25) is 0 Å². The SMILES string of the molecule is CCCN(c1ncc[nH]1)C(C)(C)CCc1ccccc1OC. The van der Waals surface area contributed by atoms with Gasteiger partial charge in [0.05, 0.1) is 7.11 Å². The zero-order valence-corrected chi connectivity index (χ0v) is 14.1. The van der Waals surface area contributed by atoms with E-state index in [9.17, 15) is 0 Å². The molecular formula is C18H27N3O. The number of nitrogens with zero attached hydrogens (tertiary/aromatic N) is 2. The maximum Gasteiger partial charge on any atom is 0.203 e. The van der Waals surface area contributed by atoms with Gasteiger partial charge in [-0.15, -0.1) is 0 Å². The van der Waals surface area contributed by atoms with Gasteiger partial charge in [0, 0.05) is 24.5 Å². The molecule has 0 aliphatic rings. The van der Waals surface area contributed by atoms with Gasteiger partial charge in [0.1, 0.15) is 5.75 Å². The van der Waals surface area contributed by atoms with Crippen LogP contribution >= 0.6 is 0 Å². The van der Waals surface area contributed by atoms with E-state index >= 15 is 0 Å². The smallest absolute Gasteiger partial charge is 0.203 e. The van der Waals surface area contributed by atoms with Crippen LogP contribution in [0.5, 0.6) is 5.75 Å². The van der Waals surface area contributed by atoms with Gasteiger partial charge in [0.15, 0.2) is 0 Å². The van der Waals surface area contributed by atoms with Gasteiger partial charge in [-0.3, -0.25) is 0 Å². The minimum absolute atomic E-state index is 0.0225. The molecule has 2 aromatic rings. The molecule has 1 N–H and O–H groups in total. The van der Waals surface area contributed by atoms with Crippen LogP contribution in [0.1, 0.15) is 39.2 Å². The van der Waals surface area contributed by atoms with Gasteiger partial charge in [0.2, 0.25) is 5.95 Å². The van der Waals surface area contributed by atoms with Gasteiger partial charge >= 0.3 is 0 Å². The number of aryl methyl sites for hydroxylation is 1. The lowest BCUT2D eigenvalue weighted by Gasteiger charge is -2.39. The summed E-state index contributed by atoms with van der Waals surface area (Å²) in [5.41, 5.74) is 1.28. The van der Waals surface area contributed by atoms with Gasteiger partial charge in [0.25, 0.3) is 0 Å². The van der Waals surface area contributed by atoms with E-state index in [0.717, 1.165) is 37.5 Å². The summed E-state index contributed by atoms with van der Waals surface area (Å²) in [5.74, 6) is 1.92. The van der Waals surface area contributed by atoms with Gasteiger partial charge in [-0.25, -0.2) is 4.98 Å². The van der Waals surface area contributed by atoms with Crippen LogP contribution in [-0.2, 0) is 6.42 Å². The first-order chi connectivity index (χ1) is 10.6. The number of rotatable bonds is 8. The van der Waals surface area contributed by atoms with E-state index in [1.54, 1.807) is 7.11 Å². The van der Waals surface area contributed by atoms with E-state index < -0.39 is 0 Å². The summed E-state index contributed by atoms with van der Waals surface area (Å²) in [6, 6.07) is 8.26. The highest BCUT2D eigenvalue weighted by Crippen LogP contribution is 2.28. The van der Waals surface area contributed by atoms with E-state index in [0.29, 0.717) is 0 Å². The Morgan fingerprint density at radius 3 is 2.68 bits per heavy atom. The van der Waals surface area contributed by atoms with Crippen molar-refractivity contribution in [3.8, 4) is 5.75 Å². The third-order valence-corrected chi connectivity index (χ3v) is 4.12. The topological polar surface area (TPSA) is 41.2 Å². The van der Waals surface area contributed by atoms with Crippen molar-refractivity contribution < 1.29 is 4.74 Å². The van der Waals surface area contributed by atoms with Crippen LogP contribution in [0.4, 0.5) is 5.95 Å². The van der Waals surface area contributed by atoms with E-state index in [1.165, 1.54) is 5.56 Å². The maximum atomic E-state index is 5.46. The first-order valence-electron chi connectivity index (χ1n) is 7.97. The average Bonchev–Trinajstić information content (AvgIpc) is 3.04. The van der Waals surface area contributed by atoms with Crippen molar-refractivity contribution in [2.45, 2.75) is 45.6 Å². The summed E-state index contributed by atoms with van der Waals surface area (Å²) in [5, 5.41) is 0. The third-order valence-electron chi connectivity index (χ3n) is 4.12. The Kier molecular flexibility index (Phi) is 5.47. The number of nitrogens with one attached hydrogen (secondary N) is 1. The number of hydrogen-bond acceptors (Lipinski definition) is 3. The molecule has 4 nitrogen and oxygen atoms in total. The molecule has 0 atom stereocenters. The van der Waals surface area contributed by atoms with Gasteiger partial charge in [-0.2, -0.15) is 0 Å². The number of ether oxygens (including phenoxy) is 1. The van der Waals surface area contributed by atoms with Crippen molar-refractivity contribution in [3.05, 3.63) is 42.2 Å². The first kappa shape index (κ1) is 16.4. The Morgan fingerprint density at radius 2 is 2.05 bits per heavy atom. The van der Waals surface area contributed by atoms with Crippen molar-refractivity contribution >= 4 is 5.95 Å². The lowest BCUT2D eigenvalue weighted by molar-refractivity contribution is 0.395. The average molecular weight is 301 g/mol. The van der Waals surface area contributed by atoms with Crippen LogP contribution in [-0.4, -0.2) is 29.2 Å². The standard InChI is InChI=1S/C18H27N3O/c1-5-14-21(17-19-12-13-20-17)18(2,3)11-10-15-8-6-7-9-16(15)22-4/h6-9,12-13H,5,10-11,14H2,1-4H3,(H,19,20). The van der Waals surface area contributed by atoms with Crippen molar-refractivity contribution in [1.29, 1.82) is 0 Å². The molecule has 0 saturated carbocycles. The largest absolute Gasteiger partial charge is 0.496 e. The third kappa shape index (κ3) is 3.81. The highest BCUT2D eigenvalue weighted by Gasteiger charge is 2.28. The van der Waals surface area contributed by atoms with Crippen molar-refractivity contribution in [3.63, 3.8) is 0 Å². The second kappa shape index (κ2) is 7.34. The van der Waals surface area contributed by atoms with E-state index in [1.807, 2.05) is 24.5 Å². The second-order valence-electron chi connectivity index (χ2n) is 6.19. The number of anilines is 1. The summed E-state index contributed by atoms with van der Waals surface area (Å²) in [6.45, 7) is 7.75. The summed E-state index contributed by atoms with van der Waals surface area (Å²) in [4.78, 5) is 10.0. The molecule has 0 fully saturated rings. The molecule has 4 heteroatoms. The number of imidazole rings is 1. The molecule has 2 rings (SSSR count). The van der Waals surface area contributed by atoms with E-state index in [-0.39, 0.29) is 5.54 Å². The zero-order chi connectivity index (χ0) is 16.0. The summed E-state index contributed by atoms with van der Waals surface area (Å²) < 4.78 is 5.46. The molecule has 0 amide bonds. The number of para-hydroxylation sites is 1. The number of hydrogen-bond donors (Lipinski definition) is 1. The number of methoxy groups -OCH3 is 1. The summed E-state index contributed by atoms with van der Waals surface area (Å²) >= 11 is 0. The fourth-order valence-electron chi connectivity index (χ4n) is 2.81. The lowest BCUT2D eigenvalue weighted by Crippen LogP contribution is -2.45. The molecule has 0 spiro atoms. The fourth-order valence-corrected chi connectivity index (χ4v) is 2.81.